The van der Waals surface area contributed by atoms with Crippen LogP contribution in [0.5, 0.6) is 0 Å². The largest absolute Gasteiger partial charge is 0.352 e. The zero-order chi connectivity index (χ0) is 13.7. The molecule has 0 aromatic carbocycles. The number of carbonyl (C=O) groups is 1. The number of H-pyrrole nitrogens is 1. The molecule has 1 aliphatic rings. The molecule has 0 atom stereocenters. The van der Waals surface area contributed by atoms with E-state index in [9.17, 15) is 4.79 Å². The molecule has 0 aliphatic carbocycles. The van der Waals surface area contributed by atoms with Gasteiger partial charge in [-0.2, -0.15) is 5.10 Å². The first-order valence-electron chi connectivity index (χ1n) is 7.20. The fraction of sp³-hybridized carbons (Fsp3) is 0.714. The van der Waals surface area contributed by atoms with E-state index in [4.69, 9.17) is 0 Å². The van der Waals surface area contributed by atoms with Crippen molar-refractivity contribution in [2.45, 2.75) is 39.0 Å². The number of hydrogen-bond donors (Lipinski definition) is 3. The maximum Gasteiger partial charge on any atom is 0.254 e. The molecule has 2 rings (SSSR count). The minimum atomic E-state index is 0.00272. The van der Waals surface area contributed by atoms with E-state index in [1.165, 1.54) is 0 Å². The van der Waals surface area contributed by atoms with Crippen molar-refractivity contribution in [2.24, 2.45) is 5.92 Å². The Morgan fingerprint density at radius 1 is 1.47 bits per heavy atom. The summed E-state index contributed by atoms with van der Waals surface area (Å²) >= 11 is 0. The lowest BCUT2D eigenvalue weighted by Crippen LogP contribution is -2.29. The van der Waals surface area contributed by atoms with Gasteiger partial charge in [-0.05, 0) is 38.3 Å². The SMILES string of the molecule is CC(C)CCNC(=O)c1cn[nH]c1C1CCNCC1. The van der Waals surface area contributed by atoms with Gasteiger partial charge in [-0.1, -0.05) is 13.8 Å². The van der Waals surface area contributed by atoms with Crippen molar-refractivity contribution in [3.63, 3.8) is 0 Å². The van der Waals surface area contributed by atoms with E-state index in [0.29, 0.717) is 11.8 Å². The van der Waals surface area contributed by atoms with Gasteiger partial charge < -0.3 is 10.6 Å². The van der Waals surface area contributed by atoms with Crippen LogP contribution < -0.4 is 10.6 Å². The third-order valence-electron chi connectivity index (χ3n) is 3.67. The number of piperidine rings is 1. The monoisotopic (exact) mass is 264 g/mol. The minimum absolute atomic E-state index is 0.00272. The Labute approximate surface area is 114 Å². The molecule has 0 radical (unpaired) electrons. The second-order valence-corrected chi connectivity index (χ2v) is 5.66. The number of rotatable bonds is 5. The van der Waals surface area contributed by atoms with Crippen LogP contribution in [0, 0.1) is 5.92 Å². The smallest absolute Gasteiger partial charge is 0.254 e. The van der Waals surface area contributed by atoms with Gasteiger partial charge in [0.1, 0.15) is 0 Å². The Balaban J connectivity index is 1.96. The maximum atomic E-state index is 12.2. The van der Waals surface area contributed by atoms with Crippen molar-refractivity contribution in [1.82, 2.24) is 20.8 Å². The van der Waals surface area contributed by atoms with Gasteiger partial charge in [-0.25, -0.2) is 0 Å². The molecule has 106 valence electrons. The summed E-state index contributed by atoms with van der Waals surface area (Å²) in [6.07, 6.45) is 4.79. The Morgan fingerprint density at radius 3 is 2.89 bits per heavy atom. The van der Waals surface area contributed by atoms with Crippen LogP contribution >= 0.6 is 0 Å². The van der Waals surface area contributed by atoms with E-state index >= 15 is 0 Å². The quantitative estimate of drug-likeness (QED) is 0.757. The molecule has 0 spiro atoms. The summed E-state index contributed by atoms with van der Waals surface area (Å²) in [6, 6.07) is 0. The highest BCUT2D eigenvalue weighted by Crippen LogP contribution is 2.25. The molecule has 5 nitrogen and oxygen atoms in total. The van der Waals surface area contributed by atoms with Crippen molar-refractivity contribution in [1.29, 1.82) is 0 Å². The molecule has 1 aromatic rings. The maximum absolute atomic E-state index is 12.2. The number of nitrogens with zero attached hydrogens (tertiary/aromatic N) is 1. The molecule has 0 saturated carbocycles. The Hall–Kier alpha value is -1.36. The minimum Gasteiger partial charge on any atom is -0.352 e. The van der Waals surface area contributed by atoms with Crippen molar-refractivity contribution in [2.75, 3.05) is 19.6 Å². The van der Waals surface area contributed by atoms with Gasteiger partial charge in [0, 0.05) is 12.5 Å². The third kappa shape index (κ3) is 3.80. The van der Waals surface area contributed by atoms with Gasteiger partial charge in [0.15, 0.2) is 0 Å². The highest BCUT2D eigenvalue weighted by atomic mass is 16.1. The highest BCUT2D eigenvalue weighted by Gasteiger charge is 2.23. The molecule has 1 saturated heterocycles. The molecule has 1 fully saturated rings. The van der Waals surface area contributed by atoms with E-state index in [2.05, 4.69) is 34.7 Å². The van der Waals surface area contributed by atoms with Crippen LogP contribution in [0.15, 0.2) is 6.20 Å². The number of amides is 1. The molecular formula is C14H24N4O. The van der Waals surface area contributed by atoms with Gasteiger partial charge in [-0.15, -0.1) is 0 Å². The Bertz CT molecular complexity index is 407. The number of aromatic nitrogens is 2. The van der Waals surface area contributed by atoms with E-state index in [-0.39, 0.29) is 5.91 Å². The summed E-state index contributed by atoms with van der Waals surface area (Å²) in [5.74, 6) is 1.03. The van der Waals surface area contributed by atoms with Crippen molar-refractivity contribution >= 4 is 5.91 Å². The average molecular weight is 264 g/mol. The first-order valence-corrected chi connectivity index (χ1v) is 7.20. The lowest BCUT2D eigenvalue weighted by molar-refractivity contribution is 0.0950. The second-order valence-electron chi connectivity index (χ2n) is 5.66. The summed E-state index contributed by atoms with van der Waals surface area (Å²) in [6.45, 7) is 7.07. The first kappa shape index (κ1) is 14.1. The number of aromatic amines is 1. The summed E-state index contributed by atoms with van der Waals surface area (Å²) in [7, 11) is 0. The van der Waals surface area contributed by atoms with Crippen LogP contribution in [-0.2, 0) is 0 Å². The van der Waals surface area contributed by atoms with Crippen LogP contribution in [0.4, 0.5) is 0 Å². The summed E-state index contributed by atoms with van der Waals surface area (Å²) < 4.78 is 0. The van der Waals surface area contributed by atoms with Gasteiger partial charge in [0.25, 0.3) is 5.91 Å². The highest BCUT2D eigenvalue weighted by molar-refractivity contribution is 5.95. The van der Waals surface area contributed by atoms with Crippen LogP contribution in [0.3, 0.4) is 0 Å². The van der Waals surface area contributed by atoms with E-state index in [1.54, 1.807) is 6.20 Å². The summed E-state index contributed by atoms with van der Waals surface area (Å²) in [4.78, 5) is 12.2. The fourth-order valence-corrected chi connectivity index (χ4v) is 2.47. The van der Waals surface area contributed by atoms with Crippen molar-refractivity contribution in [3.05, 3.63) is 17.5 Å². The fourth-order valence-electron chi connectivity index (χ4n) is 2.47. The van der Waals surface area contributed by atoms with Gasteiger partial charge in [-0.3, -0.25) is 9.89 Å². The predicted molar refractivity (Wildman–Crippen MR) is 75.2 cm³/mol. The van der Waals surface area contributed by atoms with Gasteiger partial charge in [0.05, 0.1) is 17.5 Å². The van der Waals surface area contributed by atoms with Gasteiger partial charge >= 0.3 is 0 Å². The second kappa shape index (κ2) is 6.70. The Kier molecular flexibility index (Phi) is 4.96. The summed E-state index contributed by atoms with van der Waals surface area (Å²) in [5, 5.41) is 13.4. The van der Waals surface area contributed by atoms with Crippen LogP contribution in [0.1, 0.15) is 55.1 Å². The first-order chi connectivity index (χ1) is 9.18. The summed E-state index contributed by atoms with van der Waals surface area (Å²) in [5.41, 5.74) is 1.72. The zero-order valence-electron chi connectivity index (χ0n) is 11.8. The average Bonchev–Trinajstić information content (AvgIpc) is 2.88. The third-order valence-corrected chi connectivity index (χ3v) is 3.67. The molecule has 2 heterocycles. The van der Waals surface area contributed by atoms with Crippen molar-refractivity contribution in [3.8, 4) is 0 Å². The van der Waals surface area contributed by atoms with Gasteiger partial charge in [0.2, 0.25) is 0 Å². The lowest BCUT2D eigenvalue weighted by Gasteiger charge is -2.22. The van der Waals surface area contributed by atoms with Crippen LogP contribution in [0.25, 0.3) is 0 Å². The molecular weight excluding hydrogens is 240 g/mol. The normalized spacial score (nSPS) is 16.8. The molecule has 0 bridgehead atoms. The molecule has 19 heavy (non-hydrogen) atoms. The predicted octanol–water partition coefficient (Wildman–Crippen LogP) is 1.65. The van der Waals surface area contributed by atoms with Crippen molar-refractivity contribution < 1.29 is 4.79 Å². The molecule has 0 unspecified atom stereocenters. The molecule has 1 aliphatic heterocycles. The molecule has 5 heteroatoms. The standard InChI is InChI=1S/C14H24N4O/c1-10(2)3-8-16-14(19)12-9-17-18-13(12)11-4-6-15-7-5-11/h9-11,15H,3-8H2,1-2H3,(H,16,19)(H,17,18). The van der Waals surface area contributed by atoms with E-state index in [1.807, 2.05) is 0 Å². The lowest BCUT2D eigenvalue weighted by atomic mass is 9.92. The zero-order valence-corrected chi connectivity index (χ0v) is 11.8. The van der Waals surface area contributed by atoms with Crippen LogP contribution in [0.2, 0.25) is 0 Å². The van der Waals surface area contributed by atoms with E-state index in [0.717, 1.165) is 50.2 Å². The molecule has 1 aromatic heterocycles. The van der Waals surface area contributed by atoms with E-state index < -0.39 is 0 Å². The number of hydrogen-bond acceptors (Lipinski definition) is 3. The number of nitrogens with one attached hydrogen (secondary N) is 3. The topological polar surface area (TPSA) is 69.8 Å². The Morgan fingerprint density at radius 2 is 2.21 bits per heavy atom. The number of carbonyl (C=O) groups excluding carboxylic acids is 1. The van der Waals surface area contributed by atoms with Crippen LogP contribution in [-0.4, -0.2) is 35.7 Å². The molecule has 1 amide bonds. The molecule has 3 N–H and O–H groups in total.